The van der Waals surface area contributed by atoms with Crippen LogP contribution < -0.4 is 0 Å². The van der Waals surface area contributed by atoms with Gasteiger partial charge in [-0.25, -0.2) is 0 Å². The fourth-order valence-corrected chi connectivity index (χ4v) is 2.45. The molecule has 0 aliphatic heterocycles. The van der Waals surface area contributed by atoms with E-state index < -0.39 is 7.80 Å². The maximum atomic E-state index is 11.2. The average molecular weight is 175 g/mol. The molecule has 0 heterocycles. The fraction of sp³-hybridized carbons (Fsp3) is 1.00. The Morgan fingerprint density at radius 3 is 2.00 bits per heavy atom. The Hall–Kier alpha value is 0.100. The van der Waals surface area contributed by atoms with E-state index >= 15 is 0 Å². The molecule has 66 valence electrons. The first-order chi connectivity index (χ1) is 5.31. The van der Waals surface area contributed by atoms with Crippen molar-refractivity contribution in [2.45, 2.75) is 46.0 Å². The minimum absolute atomic E-state index is 0.848. The molecule has 0 amide bonds. The molecule has 1 unspecified atom stereocenters. The van der Waals surface area contributed by atoms with E-state index in [9.17, 15) is 4.57 Å². The van der Waals surface area contributed by atoms with Crippen LogP contribution in [0.1, 0.15) is 46.0 Å². The van der Waals surface area contributed by atoms with Crippen LogP contribution in [0.15, 0.2) is 0 Å². The van der Waals surface area contributed by atoms with Crippen molar-refractivity contribution in [1.29, 1.82) is 0 Å². The van der Waals surface area contributed by atoms with E-state index in [1.807, 2.05) is 0 Å². The van der Waals surface area contributed by atoms with Gasteiger partial charge in [-0.05, 0) is 19.3 Å². The molecule has 1 atom stereocenters. The predicted octanol–water partition coefficient (Wildman–Crippen LogP) is 3.80. The fourth-order valence-electron chi connectivity index (χ4n) is 0.984. The molecule has 2 heteroatoms. The molecule has 0 fully saturated rings. The van der Waals surface area contributed by atoms with Gasteiger partial charge in [0.05, 0.1) is 0 Å². The van der Waals surface area contributed by atoms with Gasteiger partial charge in [0.1, 0.15) is 12.3 Å². The standard InChI is InChI=1S/C9H20OP/c1-3-5-7-9-11(10)8-6-4-2/h3-9H2,1-2H3/q+1. The summed E-state index contributed by atoms with van der Waals surface area (Å²) in [4.78, 5) is 0. The van der Waals surface area contributed by atoms with Gasteiger partial charge in [-0.2, -0.15) is 0 Å². The Kier molecular flexibility index (Phi) is 8.27. The smallest absolute Gasteiger partial charge is 0.0748 e. The highest BCUT2D eigenvalue weighted by atomic mass is 31.1. The zero-order valence-corrected chi connectivity index (χ0v) is 8.70. The van der Waals surface area contributed by atoms with E-state index in [1.165, 1.54) is 19.3 Å². The quantitative estimate of drug-likeness (QED) is 0.425. The van der Waals surface area contributed by atoms with Crippen LogP contribution in [-0.2, 0) is 4.57 Å². The molecule has 0 aromatic heterocycles. The number of hydrogen-bond acceptors (Lipinski definition) is 1. The Labute approximate surface area is 71.4 Å². The lowest BCUT2D eigenvalue weighted by molar-refractivity contribution is 0.583. The third-order valence-corrected chi connectivity index (χ3v) is 3.40. The third kappa shape index (κ3) is 8.00. The van der Waals surface area contributed by atoms with E-state index in [-0.39, 0.29) is 0 Å². The van der Waals surface area contributed by atoms with Crippen LogP contribution in [0.25, 0.3) is 0 Å². The van der Waals surface area contributed by atoms with Crippen LogP contribution in [0.4, 0.5) is 0 Å². The third-order valence-electron chi connectivity index (χ3n) is 1.77. The minimum atomic E-state index is -0.848. The van der Waals surface area contributed by atoms with E-state index in [0.29, 0.717) is 0 Å². The summed E-state index contributed by atoms with van der Waals surface area (Å²) >= 11 is 0. The first-order valence-corrected chi connectivity index (χ1v) is 6.36. The zero-order valence-electron chi connectivity index (χ0n) is 7.81. The maximum absolute atomic E-state index is 11.2. The average Bonchev–Trinajstić information content (AvgIpc) is 2.01. The minimum Gasteiger partial charge on any atom is -0.0748 e. The lowest BCUT2D eigenvalue weighted by Gasteiger charge is -1.88. The summed E-state index contributed by atoms with van der Waals surface area (Å²) in [6.07, 6.45) is 7.87. The van der Waals surface area contributed by atoms with Gasteiger partial charge in [0, 0.05) is 0 Å². The Balaban J connectivity index is 3.09. The Bertz CT molecular complexity index is 102. The van der Waals surface area contributed by atoms with E-state index in [1.54, 1.807) is 0 Å². The Morgan fingerprint density at radius 1 is 0.909 bits per heavy atom. The van der Waals surface area contributed by atoms with Crippen LogP contribution >= 0.6 is 7.80 Å². The maximum Gasteiger partial charge on any atom is 0.338 e. The van der Waals surface area contributed by atoms with Crippen molar-refractivity contribution < 1.29 is 4.57 Å². The first kappa shape index (κ1) is 11.1. The number of hydrogen-bond donors (Lipinski definition) is 0. The lowest BCUT2D eigenvalue weighted by atomic mass is 10.3. The van der Waals surface area contributed by atoms with Gasteiger partial charge < -0.3 is 0 Å². The van der Waals surface area contributed by atoms with Crippen molar-refractivity contribution in [3.8, 4) is 0 Å². The van der Waals surface area contributed by atoms with E-state index in [2.05, 4.69) is 13.8 Å². The SMILES string of the molecule is CCCCC[P+](=O)CCCC. The molecule has 1 nitrogen and oxygen atoms in total. The van der Waals surface area contributed by atoms with Gasteiger partial charge in [-0.3, -0.25) is 0 Å². The molecule has 0 rings (SSSR count). The van der Waals surface area contributed by atoms with Crippen molar-refractivity contribution in [3.63, 3.8) is 0 Å². The highest BCUT2D eigenvalue weighted by Crippen LogP contribution is 2.23. The summed E-state index contributed by atoms with van der Waals surface area (Å²) in [5, 5.41) is 0. The molecule has 0 radical (unpaired) electrons. The van der Waals surface area contributed by atoms with Crippen molar-refractivity contribution >= 4 is 7.80 Å². The number of unbranched alkanes of at least 4 members (excludes halogenated alkanes) is 3. The second-order valence-corrected chi connectivity index (χ2v) is 4.85. The molecule has 0 saturated carbocycles. The summed E-state index contributed by atoms with van der Waals surface area (Å²) in [6, 6.07) is 0. The topological polar surface area (TPSA) is 17.1 Å². The van der Waals surface area contributed by atoms with E-state index in [4.69, 9.17) is 0 Å². The van der Waals surface area contributed by atoms with Gasteiger partial charge in [-0.1, -0.05) is 31.3 Å². The zero-order chi connectivity index (χ0) is 8.53. The molecule has 0 aliphatic carbocycles. The van der Waals surface area contributed by atoms with Crippen molar-refractivity contribution in [1.82, 2.24) is 0 Å². The van der Waals surface area contributed by atoms with Crippen molar-refractivity contribution in [2.24, 2.45) is 0 Å². The van der Waals surface area contributed by atoms with Crippen LogP contribution in [0.5, 0.6) is 0 Å². The van der Waals surface area contributed by atoms with Gasteiger partial charge in [0.15, 0.2) is 0 Å². The lowest BCUT2D eigenvalue weighted by Crippen LogP contribution is -1.83. The second-order valence-electron chi connectivity index (χ2n) is 2.99. The second kappa shape index (κ2) is 8.20. The van der Waals surface area contributed by atoms with E-state index in [0.717, 1.165) is 25.2 Å². The molecular formula is C9H20OP+. The van der Waals surface area contributed by atoms with Gasteiger partial charge in [0.25, 0.3) is 0 Å². The van der Waals surface area contributed by atoms with Gasteiger partial charge >= 0.3 is 7.80 Å². The molecular weight excluding hydrogens is 155 g/mol. The van der Waals surface area contributed by atoms with Gasteiger partial charge in [-0.15, -0.1) is 0 Å². The van der Waals surface area contributed by atoms with Crippen molar-refractivity contribution in [3.05, 3.63) is 0 Å². The molecule has 0 bridgehead atoms. The summed E-state index contributed by atoms with van der Waals surface area (Å²) in [5.74, 6) is 0. The molecule has 0 saturated heterocycles. The summed E-state index contributed by atoms with van der Waals surface area (Å²) in [5.41, 5.74) is 0. The molecule has 0 N–H and O–H groups in total. The molecule has 0 aliphatic rings. The highest BCUT2D eigenvalue weighted by Gasteiger charge is 2.11. The normalized spacial score (nSPS) is 11.6. The summed E-state index contributed by atoms with van der Waals surface area (Å²) < 4.78 is 11.2. The molecule has 0 aromatic carbocycles. The van der Waals surface area contributed by atoms with Crippen LogP contribution in [0.3, 0.4) is 0 Å². The van der Waals surface area contributed by atoms with Crippen molar-refractivity contribution in [2.75, 3.05) is 12.3 Å². The Morgan fingerprint density at radius 2 is 1.45 bits per heavy atom. The number of rotatable bonds is 7. The largest absolute Gasteiger partial charge is 0.338 e. The highest BCUT2D eigenvalue weighted by molar-refractivity contribution is 7.44. The summed E-state index contributed by atoms with van der Waals surface area (Å²) in [6.45, 7) is 4.33. The molecule has 0 aromatic rings. The monoisotopic (exact) mass is 175 g/mol. The molecule has 11 heavy (non-hydrogen) atoms. The van der Waals surface area contributed by atoms with Crippen LogP contribution in [-0.4, -0.2) is 12.3 Å². The summed E-state index contributed by atoms with van der Waals surface area (Å²) in [7, 11) is -0.848. The van der Waals surface area contributed by atoms with Crippen LogP contribution in [0.2, 0.25) is 0 Å². The molecule has 0 spiro atoms. The van der Waals surface area contributed by atoms with Crippen LogP contribution in [0, 0.1) is 0 Å². The predicted molar refractivity (Wildman–Crippen MR) is 51.8 cm³/mol. The first-order valence-electron chi connectivity index (χ1n) is 4.73. The van der Waals surface area contributed by atoms with Gasteiger partial charge in [0.2, 0.25) is 0 Å².